The van der Waals surface area contributed by atoms with Gasteiger partial charge in [0.2, 0.25) is 0 Å². The number of hydrogen-bond donors (Lipinski definition) is 1. The topological polar surface area (TPSA) is 58.2 Å². The number of carbonyl (C=O) groups excluding carboxylic acids is 1. The third kappa shape index (κ3) is 3.09. The van der Waals surface area contributed by atoms with E-state index in [2.05, 4.69) is 21.8 Å². The lowest BCUT2D eigenvalue weighted by atomic mass is 10.3. The second-order valence-corrected chi connectivity index (χ2v) is 4.42. The van der Waals surface area contributed by atoms with Gasteiger partial charge in [0.1, 0.15) is 11.6 Å². The van der Waals surface area contributed by atoms with Gasteiger partial charge in [-0.15, -0.1) is 0 Å². The predicted octanol–water partition coefficient (Wildman–Crippen LogP) is 1.60. The SMILES string of the molecule is CC#CC(=O)N(C)CCc1nc2ccc(OC)cc2[nH]1. The van der Waals surface area contributed by atoms with Gasteiger partial charge in [0.15, 0.2) is 0 Å². The first-order valence-corrected chi connectivity index (χ1v) is 6.34. The molecule has 5 heteroatoms. The zero-order valence-corrected chi connectivity index (χ0v) is 11.9. The molecule has 1 aromatic heterocycles. The lowest BCUT2D eigenvalue weighted by Gasteiger charge is -2.12. The molecule has 0 saturated carbocycles. The summed E-state index contributed by atoms with van der Waals surface area (Å²) in [5.41, 5.74) is 1.82. The summed E-state index contributed by atoms with van der Waals surface area (Å²) in [6.45, 7) is 2.23. The molecule has 0 bridgehead atoms. The van der Waals surface area contributed by atoms with Gasteiger partial charge in [-0.3, -0.25) is 4.79 Å². The van der Waals surface area contributed by atoms with E-state index < -0.39 is 0 Å². The van der Waals surface area contributed by atoms with Crippen molar-refractivity contribution in [3.05, 3.63) is 24.0 Å². The molecule has 1 heterocycles. The van der Waals surface area contributed by atoms with Crippen LogP contribution >= 0.6 is 0 Å². The minimum absolute atomic E-state index is 0.176. The molecule has 0 aliphatic carbocycles. The zero-order valence-electron chi connectivity index (χ0n) is 11.9. The van der Waals surface area contributed by atoms with Crippen LogP contribution in [0.2, 0.25) is 0 Å². The van der Waals surface area contributed by atoms with E-state index in [-0.39, 0.29) is 5.91 Å². The van der Waals surface area contributed by atoms with Crippen molar-refractivity contribution in [2.75, 3.05) is 20.7 Å². The van der Waals surface area contributed by atoms with Crippen molar-refractivity contribution in [1.29, 1.82) is 0 Å². The fourth-order valence-electron chi connectivity index (χ4n) is 1.86. The number of rotatable bonds is 4. The number of carbonyl (C=O) groups is 1. The molecule has 0 spiro atoms. The summed E-state index contributed by atoms with van der Waals surface area (Å²) in [5, 5.41) is 0. The Morgan fingerprint density at radius 2 is 2.30 bits per heavy atom. The Labute approximate surface area is 117 Å². The molecule has 2 rings (SSSR count). The van der Waals surface area contributed by atoms with Crippen LogP contribution in [-0.2, 0) is 11.2 Å². The van der Waals surface area contributed by atoms with E-state index in [0.29, 0.717) is 13.0 Å². The van der Waals surface area contributed by atoms with Gasteiger partial charge in [-0.2, -0.15) is 0 Å². The van der Waals surface area contributed by atoms with Crippen molar-refractivity contribution in [1.82, 2.24) is 14.9 Å². The summed E-state index contributed by atoms with van der Waals surface area (Å²) in [4.78, 5) is 20.8. The molecule has 0 saturated heterocycles. The molecule has 2 aromatic rings. The molecular formula is C15H17N3O2. The number of hydrogen-bond acceptors (Lipinski definition) is 3. The molecule has 0 aliphatic heterocycles. The zero-order chi connectivity index (χ0) is 14.5. The van der Waals surface area contributed by atoms with E-state index in [9.17, 15) is 4.79 Å². The predicted molar refractivity (Wildman–Crippen MR) is 77.4 cm³/mol. The van der Waals surface area contributed by atoms with Crippen molar-refractivity contribution < 1.29 is 9.53 Å². The number of methoxy groups -OCH3 is 1. The Balaban J connectivity index is 2.06. The molecule has 0 atom stereocenters. The average molecular weight is 271 g/mol. The first-order valence-electron chi connectivity index (χ1n) is 6.34. The van der Waals surface area contributed by atoms with E-state index in [1.54, 1.807) is 26.0 Å². The highest BCUT2D eigenvalue weighted by molar-refractivity contribution is 5.93. The largest absolute Gasteiger partial charge is 0.497 e. The molecule has 0 aliphatic rings. The van der Waals surface area contributed by atoms with Crippen molar-refractivity contribution in [3.8, 4) is 17.6 Å². The van der Waals surface area contributed by atoms with Gasteiger partial charge in [-0.25, -0.2) is 4.98 Å². The van der Waals surface area contributed by atoms with E-state index in [1.165, 1.54) is 0 Å². The van der Waals surface area contributed by atoms with Crippen LogP contribution in [0.4, 0.5) is 0 Å². The third-order valence-corrected chi connectivity index (χ3v) is 3.00. The highest BCUT2D eigenvalue weighted by atomic mass is 16.5. The number of aromatic amines is 1. The Morgan fingerprint density at radius 1 is 1.50 bits per heavy atom. The fourth-order valence-corrected chi connectivity index (χ4v) is 1.86. The Bertz CT molecular complexity index is 679. The first kappa shape index (κ1) is 13.9. The highest BCUT2D eigenvalue weighted by Crippen LogP contribution is 2.18. The highest BCUT2D eigenvalue weighted by Gasteiger charge is 2.08. The smallest absolute Gasteiger partial charge is 0.298 e. The molecule has 20 heavy (non-hydrogen) atoms. The number of imidazole rings is 1. The molecule has 1 N–H and O–H groups in total. The second-order valence-electron chi connectivity index (χ2n) is 4.42. The van der Waals surface area contributed by atoms with Crippen LogP contribution in [0.5, 0.6) is 5.75 Å². The summed E-state index contributed by atoms with van der Waals surface area (Å²) in [7, 11) is 3.37. The molecule has 0 unspecified atom stereocenters. The summed E-state index contributed by atoms with van der Waals surface area (Å²) >= 11 is 0. The fraction of sp³-hybridized carbons (Fsp3) is 0.333. The van der Waals surface area contributed by atoms with Crippen LogP contribution < -0.4 is 4.74 Å². The molecule has 0 fully saturated rings. The molecule has 104 valence electrons. The molecule has 1 aromatic carbocycles. The monoisotopic (exact) mass is 271 g/mol. The molecule has 0 radical (unpaired) electrons. The van der Waals surface area contributed by atoms with Gasteiger partial charge >= 0.3 is 0 Å². The number of nitrogens with one attached hydrogen (secondary N) is 1. The summed E-state index contributed by atoms with van der Waals surface area (Å²) in [5.74, 6) is 6.57. The average Bonchev–Trinajstić information content (AvgIpc) is 2.86. The number of fused-ring (bicyclic) bond motifs is 1. The number of likely N-dealkylation sites (N-methyl/N-ethyl adjacent to an activating group) is 1. The second kappa shape index (κ2) is 6.11. The molecular weight excluding hydrogens is 254 g/mol. The van der Waals surface area contributed by atoms with Crippen LogP contribution in [0.1, 0.15) is 12.7 Å². The minimum Gasteiger partial charge on any atom is -0.497 e. The van der Waals surface area contributed by atoms with Crippen LogP contribution in [-0.4, -0.2) is 41.5 Å². The summed E-state index contributed by atoms with van der Waals surface area (Å²) < 4.78 is 5.17. The van der Waals surface area contributed by atoms with E-state index >= 15 is 0 Å². The van der Waals surface area contributed by atoms with Crippen LogP contribution in [0, 0.1) is 11.8 Å². The van der Waals surface area contributed by atoms with Crippen LogP contribution in [0.15, 0.2) is 18.2 Å². The van der Waals surface area contributed by atoms with Crippen molar-refractivity contribution in [2.45, 2.75) is 13.3 Å². The minimum atomic E-state index is -0.176. The Morgan fingerprint density at radius 3 is 3.00 bits per heavy atom. The maximum atomic E-state index is 11.5. The van der Waals surface area contributed by atoms with Crippen LogP contribution in [0.3, 0.4) is 0 Å². The maximum absolute atomic E-state index is 11.5. The van der Waals surface area contributed by atoms with E-state index in [0.717, 1.165) is 22.6 Å². The summed E-state index contributed by atoms with van der Waals surface area (Å²) in [6, 6.07) is 5.69. The Kier molecular flexibility index (Phi) is 4.26. The van der Waals surface area contributed by atoms with Gasteiger partial charge < -0.3 is 14.6 Å². The van der Waals surface area contributed by atoms with Gasteiger partial charge in [0, 0.05) is 26.1 Å². The van der Waals surface area contributed by atoms with E-state index in [4.69, 9.17) is 4.74 Å². The summed E-state index contributed by atoms with van der Waals surface area (Å²) in [6.07, 6.45) is 0.657. The number of aromatic nitrogens is 2. The van der Waals surface area contributed by atoms with Gasteiger partial charge in [0.05, 0.1) is 18.1 Å². The number of benzene rings is 1. The van der Waals surface area contributed by atoms with Gasteiger partial charge in [-0.1, -0.05) is 5.92 Å². The third-order valence-electron chi connectivity index (χ3n) is 3.00. The Hall–Kier alpha value is -2.48. The lowest BCUT2D eigenvalue weighted by molar-refractivity contribution is -0.123. The van der Waals surface area contributed by atoms with Crippen molar-refractivity contribution in [2.24, 2.45) is 0 Å². The molecule has 1 amide bonds. The van der Waals surface area contributed by atoms with Gasteiger partial charge in [0.25, 0.3) is 5.91 Å². The van der Waals surface area contributed by atoms with E-state index in [1.807, 2.05) is 18.2 Å². The number of nitrogens with zero attached hydrogens (tertiary/aromatic N) is 2. The molecule has 5 nitrogen and oxygen atoms in total. The van der Waals surface area contributed by atoms with Crippen molar-refractivity contribution in [3.63, 3.8) is 0 Å². The normalized spacial score (nSPS) is 9.95. The van der Waals surface area contributed by atoms with Crippen LogP contribution in [0.25, 0.3) is 11.0 Å². The lowest BCUT2D eigenvalue weighted by Crippen LogP contribution is -2.27. The number of H-pyrrole nitrogens is 1. The first-order chi connectivity index (χ1) is 9.63. The number of amides is 1. The quantitative estimate of drug-likeness (QED) is 0.859. The number of ether oxygens (including phenoxy) is 1. The standard InChI is InChI=1S/C15H17N3O2/c1-4-5-15(19)18(2)9-8-14-16-12-7-6-11(20-3)10-13(12)17-14/h6-7,10H,8-9H2,1-3H3,(H,16,17). The maximum Gasteiger partial charge on any atom is 0.298 e. The van der Waals surface area contributed by atoms with Gasteiger partial charge in [-0.05, 0) is 25.0 Å². The van der Waals surface area contributed by atoms with Crippen molar-refractivity contribution >= 4 is 16.9 Å².